The molecule has 1 aromatic rings. The van der Waals surface area contributed by atoms with Gasteiger partial charge in [0.25, 0.3) is 0 Å². The zero-order valence-electron chi connectivity index (χ0n) is 13.1. The molecule has 0 radical (unpaired) electrons. The van der Waals surface area contributed by atoms with Gasteiger partial charge in [0.15, 0.2) is 5.69 Å². The van der Waals surface area contributed by atoms with Crippen LogP contribution in [0.3, 0.4) is 0 Å². The summed E-state index contributed by atoms with van der Waals surface area (Å²) in [5.74, 6) is -1.22. The standard InChI is InChI=1S/C15H22N4O4/c20-13(10-19-9-12(14(21)22)16-17-19)18-7-8-23-15(11-18)5-3-1-2-4-6-15/h9H,1-8,10-11H2,(H,21,22). The predicted molar refractivity (Wildman–Crippen MR) is 79.9 cm³/mol. The number of rotatable bonds is 3. The lowest BCUT2D eigenvalue weighted by atomic mass is 9.92. The zero-order chi connectivity index (χ0) is 16.3. The Labute approximate surface area is 134 Å². The van der Waals surface area contributed by atoms with Gasteiger partial charge in [-0.1, -0.05) is 30.9 Å². The van der Waals surface area contributed by atoms with Crippen LogP contribution in [0.2, 0.25) is 0 Å². The van der Waals surface area contributed by atoms with E-state index in [2.05, 4.69) is 10.3 Å². The third-order valence-electron chi connectivity index (χ3n) is 4.67. The molecule has 1 spiro atoms. The molecule has 3 rings (SSSR count). The molecular formula is C15H22N4O4. The van der Waals surface area contributed by atoms with Gasteiger partial charge >= 0.3 is 5.97 Å². The highest BCUT2D eigenvalue weighted by Crippen LogP contribution is 2.33. The number of hydrogen-bond acceptors (Lipinski definition) is 5. The topological polar surface area (TPSA) is 97.5 Å². The fourth-order valence-electron chi connectivity index (χ4n) is 3.45. The molecule has 1 aliphatic carbocycles. The first-order chi connectivity index (χ1) is 11.1. The van der Waals surface area contributed by atoms with Crippen molar-refractivity contribution in [3.8, 4) is 0 Å². The summed E-state index contributed by atoms with van der Waals surface area (Å²) >= 11 is 0. The van der Waals surface area contributed by atoms with E-state index in [1.807, 2.05) is 4.90 Å². The van der Waals surface area contributed by atoms with Gasteiger partial charge in [-0.2, -0.15) is 0 Å². The monoisotopic (exact) mass is 322 g/mol. The van der Waals surface area contributed by atoms with Gasteiger partial charge in [0, 0.05) is 13.1 Å². The Bertz CT molecular complexity index is 578. The van der Waals surface area contributed by atoms with E-state index < -0.39 is 5.97 Å². The number of aromatic nitrogens is 3. The summed E-state index contributed by atoms with van der Waals surface area (Å²) in [6, 6.07) is 0. The van der Waals surface area contributed by atoms with Crippen LogP contribution in [0.1, 0.15) is 49.0 Å². The predicted octanol–water partition coefficient (Wildman–Crippen LogP) is 0.928. The molecule has 1 aromatic heterocycles. The molecule has 0 atom stereocenters. The van der Waals surface area contributed by atoms with Gasteiger partial charge in [0.05, 0.1) is 18.4 Å². The minimum absolute atomic E-state index is 0.0103. The maximum absolute atomic E-state index is 12.5. The number of amides is 1. The van der Waals surface area contributed by atoms with Gasteiger partial charge in [-0.25, -0.2) is 9.48 Å². The van der Waals surface area contributed by atoms with Crippen LogP contribution in [0.25, 0.3) is 0 Å². The second-order valence-corrected chi connectivity index (χ2v) is 6.37. The summed E-state index contributed by atoms with van der Waals surface area (Å²) < 4.78 is 7.33. The molecule has 0 aromatic carbocycles. The first kappa shape index (κ1) is 15.9. The Kier molecular flexibility index (Phi) is 4.61. The van der Waals surface area contributed by atoms with E-state index >= 15 is 0 Å². The number of carbonyl (C=O) groups excluding carboxylic acids is 1. The lowest BCUT2D eigenvalue weighted by Crippen LogP contribution is -2.54. The first-order valence-electron chi connectivity index (χ1n) is 8.13. The Morgan fingerprint density at radius 2 is 2.00 bits per heavy atom. The Balaban J connectivity index is 1.63. The van der Waals surface area contributed by atoms with Gasteiger partial charge in [-0.15, -0.1) is 5.10 Å². The number of nitrogens with zero attached hydrogens (tertiary/aromatic N) is 4. The fourth-order valence-corrected chi connectivity index (χ4v) is 3.45. The number of carbonyl (C=O) groups is 2. The number of carboxylic acids is 1. The van der Waals surface area contributed by atoms with Crippen molar-refractivity contribution in [3.63, 3.8) is 0 Å². The Morgan fingerprint density at radius 3 is 2.65 bits per heavy atom. The van der Waals surface area contributed by atoms with Gasteiger partial charge in [0.2, 0.25) is 5.91 Å². The number of aromatic carboxylic acids is 1. The van der Waals surface area contributed by atoms with Crippen molar-refractivity contribution in [2.45, 2.75) is 50.7 Å². The van der Waals surface area contributed by atoms with Crippen LogP contribution in [0.4, 0.5) is 0 Å². The van der Waals surface area contributed by atoms with Crippen molar-refractivity contribution in [1.29, 1.82) is 0 Å². The SMILES string of the molecule is O=C(O)c1cn(CC(=O)N2CCOC3(CCCCCC3)C2)nn1. The second kappa shape index (κ2) is 6.66. The van der Waals surface area contributed by atoms with E-state index in [0.717, 1.165) is 25.7 Å². The molecule has 8 nitrogen and oxygen atoms in total. The molecule has 1 N–H and O–H groups in total. The lowest BCUT2D eigenvalue weighted by molar-refractivity contribution is -0.153. The Morgan fingerprint density at radius 1 is 1.26 bits per heavy atom. The third kappa shape index (κ3) is 3.69. The van der Waals surface area contributed by atoms with Crippen molar-refractivity contribution >= 4 is 11.9 Å². The van der Waals surface area contributed by atoms with E-state index in [0.29, 0.717) is 19.7 Å². The van der Waals surface area contributed by atoms with Crippen LogP contribution in [-0.4, -0.2) is 62.2 Å². The highest BCUT2D eigenvalue weighted by molar-refractivity contribution is 5.84. The average molecular weight is 322 g/mol. The van der Waals surface area contributed by atoms with Crippen molar-refractivity contribution < 1.29 is 19.4 Å². The average Bonchev–Trinajstić information content (AvgIpc) is 2.89. The number of carboxylic acid groups (broad SMARTS) is 1. The van der Waals surface area contributed by atoms with E-state index in [4.69, 9.17) is 9.84 Å². The third-order valence-corrected chi connectivity index (χ3v) is 4.67. The zero-order valence-corrected chi connectivity index (χ0v) is 13.1. The maximum atomic E-state index is 12.5. The first-order valence-corrected chi connectivity index (χ1v) is 8.13. The van der Waals surface area contributed by atoms with E-state index in [-0.39, 0.29) is 23.7 Å². The maximum Gasteiger partial charge on any atom is 0.358 e. The molecule has 0 bridgehead atoms. The Hall–Kier alpha value is -1.96. The number of morpholine rings is 1. The largest absolute Gasteiger partial charge is 0.476 e. The quantitative estimate of drug-likeness (QED) is 0.889. The molecule has 2 aliphatic rings. The summed E-state index contributed by atoms with van der Waals surface area (Å²) in [6.07, 6.45) is 8.04. The summed E-state index contributed by atoms with van der Waals surface area (Å²) in [4.78, 5) is 25.1. The van der Waals surface area contributed by atoms with Crippen LogP contribution in [0.15, 0.2) is 6.20 Å². The van der Waals surface area contributed by atoms with Crippen LogP contribution >= 0.6 is 0 Å². The minimum atomic E-state index is -1.15. The van der Waals surface area contributed by atoms with E-state index in [9.17, 15) is 9.59 Å². The summed E-state index contributed by atoms with van der Waals surface area (Å²) in [6.45, 7) is 1.76. The summed E-state index contributed by atoms with van der Waals surface area (Å²) in [5, 5.41) is 16.1. The molecular weight excluding hydrogens is 300 g/mol. The highest BCUT2D eigenvalue weighted by atomic mass is 16.5. The van der Waals surface area contributed by atoms with Crippen molar-refractivity contribution in [1.82, 2.24) is 19.9 Å². The van der Waals surface area contributed by atoms with Crippen molar-refractivity contribution in [2.24, 2.45) is 0 Å². The normalized spacial score (nSPS) is 21.1. The molecule has 23 heavy (non-hydrogen) atoms. The summed E-state index contributed by atoms with van der Waals surface area (Å²) in [5.41, 5.74) is -0.348. The molecule has 0 unspecified atom stereocenters. The van der Waals surface area contributed by atoms with Crippen LogP contribution in [-0.2, 0) is 16.1 Å². The van der Waals surface area contributed by atoms with Gasteiger partial charge in [0.1, 0.15) is 6.54 Å². The molecule has 1 aliphatic heterocycles. The number of hydrogen-bond donors (Lipinski definition) is 1. The molecule has 2 fully saturated rings. The van der Waals surface area contributed by atoms with Gasteiger partial charge in [-0.3, -0.25) is 4.79 Å². The van der Waals surface area contributed by atoms with E-state index in [1.165, 1.54) is 23.7 Å². The minimum Gasteiger partial charge on any atom is -0.476 e. The smallest absolute Gasteiger partial charge is 0.358 e. The van der Waals surface area contributed by atoms with Crippen molar-refractivity contribution in [3.05, 3.63) is 11.9 Å². The molecule has 1 saturated carbocycles. The molecule has 126 valence electrons. The fraction of sp³-hybridized carbons (Fsp3) is 0.733. The van der Waals surface area contributed by atoms with Crippen LogP contribution in [0, 0.1) is 0 Å². The lowest BCUT2D eigenvalue weighted by Gasteiger charge is -2.42. The van der Waals surface area contributed by atoms with Gasteiger partial charge < -0.3 is 14.7 Å². The van der Waals surface area contributed by atoms with Crippen LogP contribution in [0.5, 0.6) is 0 Å². The van der Waals surface area contributed by atoms with E-state index in [1.54, 1.807) is 0 Å². The van der Waals surface area contributed by atoms with Crippen molar-refractivity contribution in [2.75, 3.05) is 19.7 Å². The molecule has 8 heteroatoms. The van der Waals surface area contributed by atoms with Gasteiger partial charge in [-0.05, 0) is 12.8 Å². The van der Waals surface area contributed by atoms with Crippen LogP contribution < -0.4 is 0 Å². The molecule has 1 amide bonds. The molecule has 2 heterocycles. The second-order valence-electron chi connectivity index (χ2n) is 6.37. The highest BCUT2D eigenvalue weighted by Gasteiger charge is 2.38. The summed E-state index contributed by atoms with van der Waals surface area (Å²) in [7, 11) is 0. The molecule has 1 saturated heterocycles. The number of ether oxygens (including phenoxy) is 1.